The van der Waals surface area contributed by atoms with E-state index < -0.39 is 5.09 Å². The van der Waals surface area contributed by atoms with Crippen molar-refractivity contribution in [3.05, 3.63) is 10.1 Å². The summed E-state index contributed by atoms with van der Waals surface area (Å²) < 4.78 is 4.40. The van der Waals surface area contributed by atoms with Gasteiger partial charge in [0.05, 0.1) is 6.61 Å². The molecule has 0 heterocycles. The van der Waals surface area contributed by atoms with E-state index in [-0.39, 0.29) is 5.97 Å². The molecule has 0 radical (unpaired) electrons. The lowest BCUT2D eigenvalue weighted by atomic mass is 10.8. The van der Waals surface area contributed by atoms with Gasteiger partial charge < -0.3 is 9.94 Å². The van der Waals surface area contributed by atoms with Gasteiger partial charge in [-0.2, -0.15) is 0 Å². The first-order valence-electron chi connectivity index (χ1n) is 2.47. The third-order valence-electron chi connectivity index (χ3n) is 0.348. The van der Waals surface area contributed by atoms with Gasteiger partial charge in [-0.15, -0.1) is 10.1 Å². The zero-order valence-electron chi connectivity index (χ0n) is 5.73. The van der Waals surface area contributed by atoms with Crippen molar-refractivity contribution in [2.45, 2.75) is 13.8 Å². The van der Waals surface area contributed by atoms with E-state index in [9.17, 15) is 4.79 Å². The highest BCUT2D eigenvalue weighted by molar-refractivity contribution is 5.65. The van der Waals surface area contributed by atoms with E-state index >= 15 is 0 Å². The molecule has 6 nitrogen and oxygen atoms in total. The zero-order valence-corrected chi connectivity index (χ0v) is 5.73. The van der Waals surface area contributed by atoms with Crippen molar-refractivity contribution in [1.29, 1.82) is 0 Å². The molecule has 6 heteroatoms. The lowest BCUT2D eigenvalue weighted by Gasteiger charge is -1.89. The minimum atomic E-state index is -1.50. The molecule has 0 bridgehead atoms. The summed E-state index contributed by atoms with van der Waals surface area (Å²) in [5.74, 6) is -0.211. The first kappa shape index (κ1) is 11.5. The van der Waals surface area contributed by atoms with Crippen molar-refractivity contribution in [2.24, 2.45) is 0 Å². The fourth-order valence-corrected chi connectivity index (χ4v) is 0.203. The van der Waals surface area contributed by atoms with E-state index in [1.165, 1.54) is 6.92 Å². The third kappa shape index (κ3) is 76.9. The zero-order chi connectivity index (χ0) is 8.57. The fraction of sp³-hybridized carbons (Fsp3) is 0.750. The molecule has 60 valence electrons. The number of esters is 1. The van der Waals surface area contributed by atoms with Crippen molar-refractivity contribution >= 4 is 5.97 Å². The Hall–Kier alpha value is -1.33. The number of hydrogen-bond acceptors (Lipinski definition) is 4. The molecular weight excluding hydrogens is 142 g/mol. The highest BCUT2D eigenvalue weighted by atomic mass is 16.9. The quantitative estimate of drug-likeness (QED) is 0.329. The van der Waals surface area contributed by atoms with Gasteiger partial charge in [-0.3, -0.25) is 4.79 Å². The van der Waals surface area contributed by atoms with Crippen LogP contribution in [0.4, 0.5) is 0 Å². The number of hydrogen-bond donors (Lipinski definition) is 1. The third-order valence-corrected chi connectivity index (χ3v) is 0.348. The van der Waals surface area contributed by atoms with Crippen LogP contribution in [0.3, 0.4) is 0 Å². The number of ether oxygens (including phenoxy) is 1. The predicted molar refractivity (Wildman–Crippen MR) is 31.1 cm³/mol. The first-order chi connectivity index (χ1) is 4.50. The van der Waals surface area contributed by atoms with E-state index in [4.69, 9.17) is 15.3 Å². The normalized spacial score (nSPS) is 7.00. The van der Waals surface area contributed by atoms with E-state index in [0.29, 0.717) is 6.61 Å². The Kier molecular flexibility index (Phi) is 8.79. The second-order valence-electron chi connectivity index (χ2n) is 1.16. The van der Waals surface area contributed by atoms with Crippen LogP contribution in [0.1, 0.15) is 13.8 Å². The van der Waals surface area contributed by atoms with Crippen LogP contribution in [0, 0.1) is 10.1 Å². The van der Waals surface area contributed by atoms with Crippen LogP contribution >= 0.6 is 0 Å². The largest absolute Gasteiger partial charge is 0.466 e. The van der Waals surface area contributed by atoms with Gasteiger partial charge in [0.2, 0.25) is 0 Å². The number of rotatable bonds is 1. The molecule has 0 unspecified atom stereocenters. The second kappa shape index (κ2) is 7.67. The molecule has 0 aromatic rings. The van der Waals surface area contributed by atoms with Gasteiger partial charge in [0.15, 0.2) is 0 Å². The lowest BCUT2D eigenvalue weighted by Crippen LogP contribution is -1.95. The van der Waals surface area contributed by atoms with Gasteiger partial charge in [0, 0.05) is 6.92 Å². The molecule has 10 heavy (non-hydrogen) atoms. The van der Waals surface area contributed by atoms with Crippen LogP contribution in [-0.2, 0) is 9.53 Å². The van der Waals surface area contributed by atoms with E-state index in [1.54, 1.807) is 6.92 Å². The molecule has 0 aliphatic carbocycles. The number of nitrogens with zero attached hydrogens (tertiary/aromatic N) is 1. The lowest BCUT2D eigenvalue weighted by molar-refractivity contribution is -0.742. The highest BCUT2D eigenvalue weighted by Crippen LogP contribution is 1.69. The van der Waals surface area contributed by atoms with Crippen molar-refractivity contribution in [1.82, 2.24) is 0 Å². The van der Waals surface area contributed by atoms with E-state index in [1.807, 2.05) is 0 Å². The van der Waals surface area contributed by atoms with Crippen molar-refractivity contribution in [3.63, 3.8) is 0 Å². The summed E-state index contributed by atoms with van der Waals surface area (Å²) in [6.45, 7) is 3.65. The fourth-order valence-electron chi connectivity index (χ4n) is 0.203. The van der Waals surface area contributed by atoms with E-state index in [2.05, 4.69) is 4.74 Å². The Labute approximate surface area is 57.5 Å². The molecule has 0 spiro atoms. The van der Waals surface area contributed by atoms with Crippen LogP contribution in [0.15, 0.2) is 0 Å². The van der Waals surface area contributed by atoms with Crippen molar-refractivity contribution in [2.75, 3.05) is 6.61 Å². The summed E-state index contributed by atoms with van der Waals surface area (Å²) in [5, 5.41) is 13.6. The average Bonchev–Trinajstić information content (AvgIpc) is 1.62. The van der Waals surface area contributed by atoms with Crippen LogP contribution in [0.2, 0.25) is 0 Å². The van der Waals surface area contributed by atoms with Gasteiger partial charge in [0.1, 0.15) is 0 Å². The molecule has 1 N–H and O–H groups in total. The monoisotopic (exact) mass is 151 g/mol. The van der Waals surface area contributed by atoms with Gasteiger partial charge >= 0.3 is 5.97 Å². The summed E-state index contributed by atoms with van der Waals surface area (Å²) in [6, 6.07) is 0. The standard InChI is InChI=1S/C4H8O2.HNO3/c1-3-6-4(2)5;2-1(3)4/h3H2,1-2H3;(H,2,3,4). The average molecular weight is 151 g/mol. The molecule has 0 fully saturated rings. The molecule has 0 saturated carbocycles. The smallest absolute Gasteiger partial charge is 0.302 e. The molecule has 0 aliphatic heterocycles. The molecule has 0 saturated heterocycles. The SMILES string of the molecule is CCOC(C)=O.O=[N+]([O-])O. The van der Waals surface area contributed by atoms with Crippen LogP contribution in [-0.4, -0.2) is 22.9 Å². The molecule has 0 aromatic heterocycles. The Morgan fingerprint density at radius 3 is 2.10 bits per heavy atom. The highest BCUT2D eigenvalue weighted by Gasteiger charge is 1.81. The maximum absolute atomic E-state index is 9.82. The summed E-state index contributed by atoms with van der Waals surface area (Å²) in [4.78, 5) is 18.2. The maximum atomic E-state index is 9.82. The van der Waals surface area contributed by atoms with Crippen molar-refractivity contribution in [3.8, 4) is 0 Å². The summed E-state index contributed by atoms with van der Waals surface area (Å²) in [5.41, 5.74) is 0. The Balaban J connectivity index is 0. The Morgan fingerprint density at radius 1 is 1.80 bits per heavy atom. The topological polar surface area (TPSA) is 89.7 Å². The minimum Gasteiger partial charge on any atom is -0.466 e. The maximum Gasteiger partial charge on any atom is 0.302 e. The van der Waals surface area contributed by atoms with Crippen molar-refractivity contribution < 1.29 is 19.8 Å². The molecule has 0 aromatic carbocycles. The number of carbonyl (C=O) groups is 1. The van der Waals surface area contributed by atoms with Crippen LogP contribution < -0.4 is 0 Å². The Morgan fingerprint density at radius 2 is 2.10 bits per heavy atom. The van der Waals surface area contributed by atoms with Gasteiger partial charge in [-0.1, -0.05) is 0 Å². The van der Waals surface area contributed by atoms with E-state index in [0.717, 1.165) is 0 Å². The van der Waals surface area contributed by atoms with Crippen LogP contribution in [0.5, 0.6) is 0 Å². The first-order valence-corrected chi connectivity index (χ1v) is 2.47. The molecule has 0 aliphatic rings. The van der Waals surface area contributed by atoms with Gasteiger partial charge in [-0.25, -0.2) is 0 Å². The summed E-state index contributed by atoms with van der Waals surface area (Å²) in [6.07, 6.45) is 0. The summed E-state index contributed by atoms with van der Waals surface area (Å²) in [7, 11) is 0. The van der Waals surface area contributed by atoms with Gasteiger partial charge in [0.25, 0.3) is 5.09 Å². The summed E-state index contributed by atoms with van der Waals surface area (Å²) >= 11 is 0. The van der Waals surface area contributed by atoms with Crippen LogP contribution in [0.25, 0.3) is 0 Å². The van der Waals surface area contributed by atoms with Gasteiger partial charge in [-0.05, 0) is 6.92 Å². The molecule has 0 atom stereocenters. The Bertz CT molecular complexity index is 108. The molecule has 0 amide bonds. The minimum absolute atomic E-state index is 0.211. The molecule has 0 rings (SSSR count). The number of carbonyl (C=O) groups excluding carboxylic acids is 1. The second-order valence-corrected chi connectivity index (χ2v) is 1.16. The molecular formula is C4H9NO5. The predicted octanol–water partition coefficient (Wildman–Crippen LogP) is 0.222.